The van der Waals surface area contributed by atoms with Gasteiger partial charge < -0.3 is 14.3 Å². The molecule has 26 heavy (non-hydrogen) atoms. The van der Waals surface area contributed by atoms with E-state index in [0.717, 1.165) is 16.0 Å². The third kappa shape index (κ3) is 4.21. The van der Waals surface area contributed by atoms with Gasteiger partial charge in [0.2, 0.25) is 5.89 Å². The number of aliphatic hydroxyl groups is 1. The second-order valence-corrected chi connectivity index (χ2v) is 6.38. The minimum Gasteiger partial charge on any atom is -0.491 e. The first kappa shape index (κ1) is 17.9. The van der Waals surface area contributed by atoms with Gasteiger partial charge in [0.1, 0.15) is 18.5 Å². The van der Waals surface area contributed by atoms with Gasteiger partial charge in [-0.1, -0.05) is 50.2 Å². The number of aliphatic hydroxyl groups excluding tert-OH is 1. The van der Waals surface area contributed by atoms with E-state index in [1.54, 1.807) is 12.1 Å². The van der Waals surface area contributed by atoms with Crippen LogP contribution in [0.4, 0.5) is 0 Å². The number of hydrogen-bond acceptors (Lipinski definition) is 5. The van der Waals surface area contributed by atoms with E-state index in [1.807, 2.05) is 42.5 Å². The summed E-state index contributed by atoms with van der Waals surface area (Å²) in [6, 6.07) is 16.9. The highest BCUT2D eigenvalue weighted by molar-refractivity contribution is 5.51. The van der Waals surface area contributed by atoms with Crippen molar-refractivity contribution in [2.45, 2.75) is 32.4 Å². The quantitative estimate of drug-likeness (QED) is 0.705. The van der Waals surface area contributed by atoms with E-state index >= 15 is 0 Å². The molecule has 1 unspecified atom stereocenters. The molecule has 1 atom stereocenters. The number of rotatable bonds is 7. The van der Waals surface area contributed by atoms with Crippen molar-refractivity contribution in [3.8, 4) is 17.2 Å². The van der Waals surface area contributed by atoms with E-state index in [-0.39, 0.29) is 19.0 Å². The Morgan fingerprint density at radius 2 is 1.81 bits per heavy atom. The van der Waals surface area contributed by atoms with Crippen LogP contribution in [-0.2, 0) is 6.54 Å². The van der Waals surface area contributed by atoms with Gasteiger partial charge in [-0.05, 0) is 29.7 Å². The van der Waals surface area contributed by atoms with Gasteiger partial charge in [0.15, 0.2) is 0 Å². The van der Waals surface area contributed by atoms with E-state index in [2.05, 4.69) is 18.9 Å². The van der Waals surface area contributed by atoms with Gasteiger partial charge in [-0.3, -0.25) is 0 Å². The van der Waals surface area contributed by atoms with Crippen LogP contribution in [0.15, 0.2) is 63.8 Å². The Hall–Kier alpha value is -2.86. The molecule has 0 radical (unpaired) electrons. The highest BCUT2D eigenvalue weighted by Gasteiger charge is 2.15. The van der Waals surface area contributed by atoms with Crippen molar-refractivity contribution >= 4 is 0 Å². The fourth-order valence-electron chi connectivity index (χ4n) is 2.65. The second kappa shape index (κ2) is 8.01. The molecule has 0 amide bonds. The van der Waals surface area contributed by atoms with Crippen LogP contribution in [0.5, 0.6) is 5.75 Å². The number of aromatic nitrogens is 2. The minimum atomic E-state index is -0.887. The normalized spacial score (nSPS) is 12.3. The summed E-state index contributed by atoms with van der Waals surface area (Å²) in [6.07, 6.45) is -0.887. The van der Waals surface area contributed by atoms with Crippen molar-refractivity contribution in [2.75, 3.05) is 6.61 Å². The summed E-state index contributed by atoms with van der Waals surface area (Å²) in [6.45, 7) is 4.22. The molecule has 0 saturated heterocycles. The Balaban J connectivity index is 1.65. The summed E-state index contributed by atoms with van der Waals surface area (Å²) in [7, 11) is 0. The van der Waals surface area contributed by atoms with Crippen molar-refractivity contribution in [1.82, 2.24) is 9.78 Å². The summed E-state index contributed by atoms with van der Waals surface area (Å²) in [5, 5.41) is 14.4. The van der Waals surface area contributed by atoms with Crippen molar-refractivity contribution < 1.29 is 14.3 Å². The van der Waals surface area contributed by atoms with Gasteiger partial charge >= 0.3 is 5.76 Å². The van der Waals surface area contributed by atoms with Crippen LogP contribution in [0.3, 0.4) is 0 Å². The molecule has 0 spiro atoms. The SMILES string of the molecule is CC(C)c1ccccc1OCC(O)Cn1nc(-c2ccccc2)oc1=O. The molecule has 3 rings (SSSR count). The lowest BCUT2D eigenvalue weighted by atomic mass is 10.0. The summed E-state index contributed by atoms with van der Waals surface area (Å²) in [5.74, 6) is 0.674. The molecule has 6 nitrogen and oxygen atoms in total. The zero-order valence-electron chi connectivity index (χ0n) is 14.8. The van der Waals surface area contributed by atoms with E-state index in [1.165, 1.54) is 0 Å². The fraction of sp³-hybridized carbons (Fsp3) is 0.300. The zero-order chi connectivity index (χ0) is 18.5. The molecular weight excluding hydrogens is 332 g/mol. The summed E-state index contributed by atoms with van der Waals surface area (Å²) in [4.78, 5) is 11.9. The first-order valence-corrected chi connectivity index (χ1v) is 8.57. The first-order valence-electron chi connectivity index (χ1n) is 8.57. The van der Waals surface area contributed by atoms with Crippen LogP contribution in [0.2, 0.25) is 0 Å². The molecule has 1 aromatic heterocycles. The Morgan fingerprint density at radius 3 is 2.54 bits per heavy atom. The summed E-state index contributed by atoms with van der Waals surface area (Å²) < 4.78 is 12.0. The molecule has 6 heteroatoms. The molecular formula is C20H22N2O4. The third-order valence-corrected chi connectivity index (χ3v) is 3.98. The van der Waals surface area contributed by atoms with Crippen LogP contribution >= 0.6 is 0 Å². The van der Waals surface area contributed by atoms with Gasteiger partial charge in [0.05, 0.1) is 6.54 Å². The largest absolute Gasteiger partial charge is 0.491 e. The van der Waals surface area contributed by atoms with Crippen LogP contribution in [0.1, 0.15) is 25.3 Å². The maximum atomic E-state index is 11.9. The average molecular weight is 354 g/mol. The average Bonchev–Trinajstić information content (AvgIpc) is 3.01. The predicted octanol–water partition coefficient (Wildman–Crippen LogP) is 3.07. The van der Waals surface area contributed by atoms with Crippen molar-refractivity contribution in [2.24, 2.45) is 0 Å². The van der Waals surface area contributed by atoms with E-state index in [9.17, 15) is 9.90 Å². The van der Waals surface area contributed by atoms with Crippen molar-refractivity contribution in [3.63, 3.8) is 0 Å². The molecule has 0 aliphatic rings. The maximum Gasteiger partial charge on any atom is 0.437 e. The number of nitrogens with zero attached hydrogens (tertiary/aromatic N) is 2. The monoisotopic (exact) mass is 354 g/mol. The lowest BCUT2D eigenvalue weighted by Crippen LogP contribution is -2.29. The van der Waals surface area contributed by atoms with E-state index in [0.29, 0.717) is 11.5 Å². The highest BCUT2D eigenvalue weighted by atomic mass is 16.5. The summed E-state index contributed by atoms with van der Waals surface area (Å²) >= 11 is 0. The lowest BCUT2D eigenvalue weighted by molar-refractivity contribution is 0.0869. The van der Waals surface area contributed by atoms with Crippen molar-refractivity contribution in [3.05, 3.63) is 70.7 Å². The van der Waals surface area contributed by atoms with Crippen LogP contribution < -0.4 is 10.5 Å². The van der Waals surface area contributed by atoms with Gasteiger partial charge in [-0.2, -0.15) is 4.68 Å². The molecule has 1 heterocycles. The predicted molar refractivity (Wildman–Crippen MR) is 98.2 cm³/mol. The molecule has 3 aromatic rings. The van der Waals surface area contributed by atoms with Crippen molar-refractivity contribution in [1.29, 1.82) is 0 Å². The standard InChI is InChI=1S/C20H22N2O4/c1-14(2)17-10-6-7-11-18(17)25-13-16(23)12-22-20(24)26-19(21-22)15-8-4-3-5-9-15/h3-11,14,16,23H,12-13H2,1-2H3. The first-order chi connectivity index (χ1) is 12.5. The molecule has 0 fully saturated rings. The summed E-state index contributed by atoms with van der Waals surface area (Å²) in [5.41, 5.74) is 1.78. The Morgan fingerprint density at radius 1 is 1.12 bits per heavy atom. The smallest absolute Gasteiger partial charge is 0.437 e. The maximum absolute atomic E-state index is 11.9. The van der Waals surface area contributed by atoms with Gasteiger partial charge in [-0.25, -0.2) is 4.79 Å². The minimum absolute atomic E-state index is 0.000980. The molecule has 2 aromatic carbocycles. The zero-order valence-corrected chi connectivity index (χ0v) is 14.8. The molecule has 1 N–H and O–H groups in total. The number of benzene rings is 2. The van der Waals surface area contributed by atoms with E-state index in [4.69, 9.17) is 9.15 Å². The Labute approximate surface area is 151 Å². The molecule has 0 aliphatic heterocycles. The Kier molecular flexibility index (Phi) is 5.53. The van der Waals surface area contributed by atoms with Gasteiger partial charge in [-0.15, -0.1) is 5.10 Å². The van der Waals surface area contributed by atoms with Crippen LogP contribution in [-0.4, -0.2) is 27.6 Å². The topological polar surface area (TPSA) is 77.5 Å². The van der Waals surface area contributed by atoms with Gasteiger partial charge in [0, 0.05) is 5.56 Å². The number of para-hydroxylation sites is 1. The molecule has 0 bridgehead atoms. The second-order valence-electron chi connectivity index (χ2n) is 6.38. The third-order valence-electron chi connectivity index (χ3n) is 3.98. The van der Waals surface area contributed by atoms with E-state index < -0.39 is 11.9 Å². The number of ether oxygens (including phenoxy) is 1. The van der Waals surface area contributed by atoms with Crippen LogP contribution in [0, 0.1) is 0 Å². The Bertz CT molecular complexity index is 899. The van der Waals surface area contributed by atoms with Crippen LogP contribution in [0.25, 0.3) is 11.5 Å². The fourth-order valence-corrected chi connectivity index (χ4v) is 2.65. The molecule has 136 valence electrons. The van der Waals surface area contributed by atoms with Gasteiger partial charge in [0.25, 0.3) is 0 Å². The number of hydrogen-bond donors (Lipinski definition) is 1. The highest BCUT2D eigenvalue weighted by Crippen LogP contribution is 2.25. The lowest BCUT2D eigenvalue weighted by Gasteiger charge is -2.16. The molecule has 0 saturated carbocycles. The molecule has 0 aliphatic carbocycles.